The van der Waals surface area contributed by atoms with Crippen molar-refractivity contribution in [2.24, 2.45) is 0 Å². The number of rotatable bonds is 5. The second kappa shape index (κ2) is 5.83. The summed E-state index contributed by atoms with van der Waals surface area (Å²) < 4.78 is 13.0. The molecule has 1 N–H and O–H groups in total. The second-order valence-corrected chi connectivity index (χ2v) is 5.36. The van der Waals surface area contributed by atoms with E-state index in [0.717, 1.165) is 18.5 Å². The summed E-state index contributed by atoms with van der Waals surface area (Å²) in [6.07, 6.45) is 3.44. The number of nitrogens with zero attached hydrogens (tertiary/aromatic N) is 1. The van der Waals surface area contributed by atoms with Gasteiger partial charge in [-0.05, 0) is 38.3 Å². The van der Waals surface area contributed by atoms with E-state index in [2.05, 4.69) is 36.3 Å². The van der Waals surface area contributed by atoms with E-state index in [1.54, 1.807) is 6.07 Å². The predicted molar refractivity (Wildman–Crippen MR) is 76.7 cm³/mol. The van der Waals surface area contributed by atoms with Crippen molar-refractivity contribution in [1.82, 2.24) is 4.98 Å². The first kappa shape index (κ1) is 13.5. The Morgan fingerprint density at radius 2 is 1.89 bits per heavy atom. The van der Waals surface area contributed by atoms with Crippen molar-refractivity contribution in [1.29, 1.82) is 0 Å². The number of nitrogens with one attached hydrogen (secondary N) is 1. The van der Waals surface area contributed by atoms with E-state index in [1.807, 2.05) is 18.2 Å². The average molecular weight is 258 g/mol. The van der Waals surface area contributed by atoms with Crippen molar-refractivity contribution in [3.05, 3.63) is 60.2 Å². The van der Waals surface area contributed by atoms with E-state index in [1.165, 1.54) is 17.8 Å². The van der Waals surface area contributed by atoms with Gasteiger partial charge in [-0.1, -0.05) is 30.3 Å². The summed E-state index contributed by atoms with van der Waals surface area (Å²) in [5.74, 6) is -0.455. The highest BCUT2D eigenvalue weighted by Gasteiger charge is 2.17. The van der Waals surface area contributed by atoms with Crippen LogP contribution in [0.5, 0.6) is 0 Å². The van der Waals surface area contributed by atoms with Gasteiger partial charge in [-0.2, -0.15) is 4.39 Å². The van der Waals surface area contributed by atoms with Crippen LogP contribution < -0.4 is 5.32 Å². The van der Waals surface area contributed by atoms with Crippen molar-refractivity contribution in [3.8, 4) is 0 Å². The number of hydrogen-bond acceptors (Lipinski definition) is 2. The van der Waals surface area contributed by atoms with Crippen molar-refractivity contribution < 1.29 is 4.39 Å². The fourth-order valence-electron chi connectivity index (χ4n) is 2.03. The third-order valence-corrected chi connectivity index (χ3v) is 3.09. The molecule has 2 rings (SSSR count). The van der Waals surface area contributed by atoms with E-state index in [0.29, 0.717) is 0 Å². The Balaban J connectivity index is 1.95. The summed E-state index contributed by atoms with van der Waals surface area (Å²) >= 11 is 0. The van der Waals surface area contributed by atoms with Gasteiger partial charge in [0.15, 0.2) is 0 Å². The number of benzene rings is 1. The highest BCUT2D eigenvalue weighted by molar-refractivity contribution is 5.43. The first-order valence-electron chi connectivity index (χ1n) is 6.49. The molecule has 0 radical (unpaired) electrons. The Hall–Kier alpha value is -1.90. The maximum absolute atomic E-state index is 13.0. The third kappa shape index (κ3) is 4.36. The molecule has 19 heavy (non-hydrogen) atoms. The molecule has 0 spiro atoms. The van der Waals surface area contributed by atoms with Crippen LogP contribution in [0.4, 0.5) is 10.1 Å². The second-order valence-electron chi connectivity index (χ2n) is 5.36. The SMILES string of the molecule is CC(C)(CCc1ccccc1)Nc1ccnc(F)c1. The van der Waals surface area contributed by atoms with E-state index < -0.39 is 5.95 Å². The van der Waals surface area contributed by atoms with E-state index in [9.17, 15) is 4.39 Å². The largest absolute Gasteiger partial charge is 0.380 e. The molecule has 1 heterocycles. The number of pyridine rings is 1. The quantitative estimate of drug-likeness (QED) is 0.819. The van der Waals surface area contributed by atoms with Gasteiger partial charge in [0.25, 0.3) is 0 Å². The number of hydrogen-bond donors (Lipinski definition) is 1. The predicted octanol–water partition coefficient (Wildman–Crippen LogP) is 4.04. The van der Waals surface area contributed by atoms with Gasteiger partial charge in [0.05, 0.1) is 0 Å². The molecule has 0 saturated carbocycles. The average Bonchev–Trinajstić information content (AvgIpc) is 2.37. The van der Waals surface area contributed by atoms with E-state index in [4.69, 9.17) is 0 Å². The molecule has 1 aromatic heterocycles. The van der Waals surface area contributed by atoms with Crippen LogP contribution in [0.3, 0.4) is 0 Å². The van der Waals surface area contributed by atoms with Crippen LogP contribution in [0.1, 0.15) is 25.8 Å². The van der Waals surface area contributed by atoms with Gasteiger partial charge < -0.3 is 5.32 Å². The molecule has 2 nitrogen and oxygen atoms in total. The summed E-state index contributed by atoms with van der Waals surface area (Å²) in [7, 11) is 0. The third-order valence-electron chi connectivity index (χ3n) is 3.09. The van der Waals surface area contributed by atoms with Gasteiger partial charge in [0, 0.05) is 23.5 Å². The lowest BCUT2D eigenvalue weighted by Crippen LogP contribution is -2.31. The summed E-state index contributed by atoms with van der Waals surface area (Å²) in [4.78, 5) is 3.56. The molecule has 0 fully saturated rings. The minimum absolute atomic E-state index is 0.0936. The van der Waals surface area contributed by atoms with Crippen molar-refractivity contribution in [2.75, 3.05) is 5.32 Å². The van der Waals surface area contributed by atoms with Crippen molar-refractivity contribution >= 4 is 5.69 Å². The van der Waals surface area contributed by atoms with Gasteiger partial charge in [-0.3, -0.25) is 0 Å². The van der Waals surface area contributed by atoms with Crippen molar-refractivity contribution in [3.63, 3.8) is 0 Å². The fourth-order valence-corrected chi connectivity index (χ4v) is 2.03. The van der Waals surface area contributed by atoms with Crippen LogP contribution in [-0.4, -0.2) is 10.5 Å². The number of anilines is 1. The van der Waals surface area contributed by atoms with Gasteiger partial charge in [0.2, 0.25) is 5.95 Å². The molecule has 0 bridgehead atoms. The zero-order valence-corrected chi connectivity index (χ0v) is 11.4. The summed E-state index contributed by atoms with van der Waals surface area (Å²) in [6.45, 7) is 4.24. The Kier molecular flexibility index (Phi) is 4.15. The molecular weight excluding hydrogens is 239 g/mol. The molecular formula is C16H19FN2. The molecule has 0 aliphatic heterocycles. The zero-order valence-electron chi connectivity index (χ0n) is 11.4. The van der Waals surface area contributed by atoms with Gasteiger partial charge in [0.1, 0.15) is 0 Å². The minimum atomic E-state index is -0.455. The lowest BCUT2D eigenvalue weighted by Gasteiger charge is -2.27. The Bertz CT molecular complexity index is 523. The highest BCUT2D eigenvalue weighted by atomic mass is 19.1. The molecule has 3 heteroatoms. The topological polar surface area (TPSA) is 24.9 Å². The standard InChI is InChI=1S/C16H19FN2/c1-16(2,10-8-13-6-4-3-5-7-13)19-14-9-11-18-15(17)12-14/h3-7,9,11-12H,8,10H2,1-2H3,(H,18,19). The van der Waals surface area contributed by atoms with Crippen LogP contribution in [0.15, 0.2) is 48.7 Å². The van der Waals surface area contributed by atoms with Gasteiger partial charge in [-0.15, -0.1) is 0 Å². The molecule has 2 aromatic rings. The molecule has 0 aliphatic carbocycles. The smallest absolute Gasteiger partial charge is 0.214 e. The monoisotopic (exact) mass is 258 g/mol. The number of halogens is 1. The van der Waals surface area contributed by atoms with Crippen LogP contribution in [0, 0.1) is 5.95 Å². The molecule has 0 amide bonds. The van der Waals surface area contributed by atoms with Gasteiger partial charge in [-0.25, -0.2) is 4.98 Å². The summed E-state index contributed by atoms with van der Waals surface area (Å²) in [5.41, 5.74) is 1.99. The molecule has 0 unspecified atom stereocenters. The van der Waals surface area contributed by atoms with E-state index >= 15 is 0 Å². The number of aromatic nitrogens is 1. The highest BCUT2D eigenvalue weighted by Crippen LogP contribution is 2.20. The molecule has 0 saturated heterocycles. The Morgan fingerprint density at radius 3 is 2.58 bits per heavy atom. The van der Waals surface area contributed by atoms with Gasteiger partial charge >= 0.3 is 0 Å². The fraction of sp³-hybridized carbons (Fsp3) is 0.312. The maximum atomic E-state index is 13.0. The minimum Gasteiger partial charge on any atom is -0.380 e. The van der Waals surface area contributed by atoms with Crippen LogP contribution in [0.25, 0.3) is 0 Å². The first-order chi connectivity index (χ1) is 9.05. The Morgan fingerprint density at radius 1 is 1.16 bits per heavy atom. The molecule has 0 atom stereocenters. The van der Waals surface area contributed by atoms with Crippen LogP contribution in [-0.2, 0) is 6.42 Å². The summed E-state index contributed by atoms with van der Waals surface area (Å²) in [5, 5.41) is 3.35. The van der Waals surface area contributed by atoms with E-state index in [-0.39, 0.29) is 5.54 Å². The molecule has 1 aromatic carbocycles. The van der Waals surface area contributed by atoms with Crippen molar-refractivity contribution in [2.45, 2.75) is 32.2 Å². The Labute approximate surface area is 113 Å². The normalized spacial score (nSPS) is 11.3. The first-order valence-corrected chi connectivity index (χ1v) is 6.49. The van der Waals surface area contributed by atoms with Crippen LogP contribution >= 0.6 is 0 Å². The van der Waals surface area contributed by atoms with Crippen LogP contribution in [0.2, 0.25) is 0 Å². The zero-order chi connectivity index (χ0) is 13.7. The maximum Gasteiger partial charge on any atom is 0.214 e. The summed E-state index contributed by atoms with van der Waals surface area (Å²) in [6, 6.07) is 13.6. The lowest BCUT2D eigenvalue weighted by atomic mass is 9.95. The molecule has 100 valence electrons. The molecule has 0 aliphatic rings. The lowest BCUT2D eigenvalue weighted by molar-refractivity contribution is 0.517. The number of aryl methyl sites for hydroxylation is 1.